The first kappa shape index (κ1) is 6.15. The molecule has 4 nitrogen and oxygen atoms in total. The molecule has 1 N–H and O–H groups in total. The number of hydrogen-bond donors (Lipinski definition) is 1. The molecular weight excluding hydrogens is 144 g/mol. The van der Waals surface area contributed by atoms with Crippen LogP contribution in [0.3, 0.4) is 0 Å². The van der Waals surface area contributed by atoms with E-state index in [9.17, 15) is 4.79 Å². The van der Waals surface area contributed by atoms with Gasteiger partial charge in [-0.3, -0.25) is 4.79 Å². The van der Waals surface area contributed by atoms with E-state index >= 15 is 0 Å². The molecule has 0 aliphatic carbocycles. The number of hydrogen-bond acceptors (Lipinski definition) is 3. The Kier molecular flexibility index (Phi) is 1.09. The highest BCUT2D eigenvalue weighted by Crippen LogP contribution is 2.10. The Morgan fingerprint density at radius 2 is 2.45 bits per heavy atom. The molecule has 0 aliphatic heterocycles. The summed E-state index contributed by atoms with van der Waals surface area (Å²) in [6.45, 7) is 1.71. The normalized spacial score (nSPS) is 10.6. The second kappa shape index (κ2) is 1.95. The topological polar surface area (TPSA) is 58.9 Å². The minimum Gasteiger partial charge on any atom is -0.360 e. The van der Waals surface area contributed by atoms with Crippen molar-refractivity contribution in [2.75, 3.05) is 0 Å². The lowest BCUT2D eigenvalue weighted by Gasteiger charge is -1.82. The largest absolute Gasteiger partial charge is 0.360 e. The fraction of sp³-hybridized carbons (Fsp3) is 0.143. The molecule has 2 aromatic rings. The SMILES string of the molecule is Cc1onc2cc[nH]c(=O)c12. The first-order chi connectivity index (χ1) is 5.29. The molecule has 0 fully saturated rings. The standard InChI is InChI=1S/C7H6N2O2/c1-4-6-5(9-11-4)2-3-8-7(6)10/h2-3H,1H3,(H,8,10). The molecule has 56 valence electrons. The molecule has 0 bridgehead atoms. The minimum absolute atomic E-state index is 0.152. The molecule has 2 rings (SSSR count). The number of H-pyrrole nitrogens is 1. The van der Waals surface area contributed by atoms with Gasteiger partial charge in [0.15, 0.2) is 0 Å². The smallest absolute Gasteiger partial charge is 0.261 e. The Balaban J connectivity index is 3.08. The number of rotatable bonds is 0. The van der Waals surface area contributed by atoms with Gasteiger partial charge in [0, 0.05) is 6.20 Å². The predicted molar refractivity (Wildman–Crippen MR) is 39.4 cm³/mol. The van der Waals surface area contributed by atoms with Crippen LogP contribution in [0.15, 0.2) is 21.6 Å². The van der Waals surface area contributed by atoms with Crippen molar-refractivity contribution in [3.05, 3.63) is 28.4 Å². The summed E-state index contributed by atoms with van der Waals surface area (Å²) in [5, 5.41) is 4.22. The van der Waals surface area contributed by atoms with Crippen LogP contribution in [-0.2, 0) is 0 Å². The van der Waals surface area contributed by atoms with Crippen molar-refractivity contribution in [1.29, 1.82) is 0 Å². The van der Waals surface area contributed by atoms with E-state index in [0.717, 1.165) is 0 Å². The van der Waals surface area contributed by atoms with Gasteiger partial charge in [0.05, 0.1) is 0 Å². The van der Waals surface area contributed by atoms with Gasteiger partial charge in [0.2, 0.25) is 0 Å². The Bertz CT molecular complexity index is 441. The van der Waals surface area contributed by atoms with E-state index in [2.05, 4.69) is 10.1 Å². The molecule has 11 heavy (non-hydrogen) atoms. The van der Waals surface area contributed by atoms with E-state index in [0.29, 0.717) is 16.7 Å². The molecular formula is C7H6N2O2. The second-order valence-corrected chi connectivity index (χ2v) is 2.31. The van der Waals surface area contributed by atoms with Gasteiger partial charge in [-0.15, -0.1) is 0 Å². The summed E-state index contributed by atoms with van der Waals surface area (Å²) in [6.07, 6.45) is 1.55. The molecule has 0 aliphatic rings. The maximum Gasteiger partial charge on any atom is 0.261 e. The number of nitrogens with one attached hydrogen (secondary N) is 1. The Morgan fingerprint density at radius 3 is 3.18 bits per heavy atom. The Morgan fingerprint density at radius 1 is 1.64 bits per heavy atom. The minimum atomic E-state index is -0.152. The van der Waals surface area contributed by atoms with Crippen LogP contribution in [-0.4, -0.2) is 10.1 Å². The number of aromatic amines is 1. The van der Waals surface area contributed by atoms with Crippen molar-refractivity contribution >= 4 is 10.9 Å². The monoisotopic (exact) mass is 150 g/mol. The molecule has 0 unspecified atom stereocenters. The molecule has 0 atom stereocenters. The van der Waals surface area contributed by atoms with Gasteiger partial charge in [-0.1, -0.05) is 5.16 Å². The third-order valence-electron chi connectivity index (χ3n) is 1.57. The number of pyridine rings is 1. The van der Waals surface area contributed by atoms with Gasteiger partial charge in [-0.05, 0) is 13.0 Å². The number of aryl methyl sites for hydroxylation is 1. The molecule has 0 spiro atoms. The molecule has 0 saturated carbocycles. The van der Waals surface area contributed by atoms with Gasteiger partial charge in [0.1, 0.15) is 16.7 Å². The average molecular weight is 150 g/mol. The van der Waals surface area contributed by atoms with Crippen LogP contribution in [0.25, 0.3) is 10.9 Å². The molecule has 2 aromatic heterocycles. The molecule has 0 saturated heterocycles. The molecule has 0 aromatic carbocycles. The molecule has 2 heterocycles. The van der Waals surface area contributed by atoms with Crippen LogP contribution in [0.2, 0.25) is 0 Å². The zero-order chi connectivity index (χ0) is 7.84. The summed E-state index contributed by atoms with van der Waals surface area (Å²) < 4.78 is 4.83. The van der Waals surface area contributed by atoms with Gasteiger partial charge >= 0.3 is 0 Å². The van der Waals surface area contributed by atoms with Gasteiger partial charge in [0.25, 0.3) is 5.56 Å². The predicted octanol–water partition coefficient (Wildman–Crippen LogP) is 0.825. The van der Waals surface area contributed by atoms with Crippen LogP contribution in [0.4, 0.5) is 0 Å². The van der Waals surface area contributed by atoms with Crippen LogP contribution in [0.5, 0.6) is 0 Å². The average Bonchev–Trinajstić information content (AvgIpc) is 2.34. The summed E-state index contributed by atoms with van der Waals surface area (Å²) >= 11 is 0. The maximum atomic E-state index is 11.1. The lowest BCUT2D eigenvalue weighted by molar-refractivity contribution is 0.405. The Hall–Kier alpha value is -1.58. The third kappa shape index (κ3) is 0.756. The zero-order valence-corrected chi connectivity index (χ0v) is 5.92. The highest BCUT2D eigenvalue weighted by Gasteiger charge is 2.05. The zero-order valence-electron chi connectivity index (χ0n) is 5.92. The van der Waals surface area contributed by atoms with Crippen molar-refractivity contribution in [1.82, 2.24) is 10.1 Å². The summed E-state index contributed by atoms with van der Waals surface area (Å²) in [5.41, 5.74) is 0.451. The highest BCUT2D eigenvalue weighted by molar-refractivity contribution is 5.78. The van der Waals surface area contributed by atoms with E-state index < -0.39 is 0 Å². The van der Waals surface area contributed by atoms with Crippen LogP contribution in [0.1, 0.15) is 5.76 Å². The van der Waals surface area contributed by atoms with Gasteiger partial charge < -0.3 is 9.51 Å². The lowest BCUT2D eigenvalue weighted by atomic mass is 10.3. The van der Waals surface area contributed by atoms with E-state index in [-0.39, 0.29) is 5.56 Å². The van der Waals surface area contributed by atoms with Gasteiger partial charge in [-0.25, -0.2) is 0 Å². The van der Waals surface area contributed by atoms with E-state index in [4.69, 9.17) is 4.52 Å². The number of nitrogens with zero attached hydrogens (tertiary/aromatic N) is 1. The van der Waals surface area contributed by atoms with Crippen molar-refractivity contribution in [3.63, 3.8) is 0 Å². The van der Waals surface area contributed by atoms with Crippen molar-refractivity contribution in [2.24, 2.45) is 0 Å². The molecule has 0 amide bonds. The summed E-state index contributed by atoms with van der Waals surface area (Å²) in [5.74, 6) is 0.557. The van der Waals surface area contributed by atoms with Crippen LogP contribution >= 0.6 is 0 Å². The van der Waals surface area contributed by atoms with Crippen molar-refractivity contribution in [2.45, 2.75) is 6.92 Å². The lowest BCUT2D eigenvalue weighted by Crippen LogP contribution is -2.03. The summed E-state index contributed by atoms with van der Waals surface area (Å²) in [6, 6.07) is 1.70. The Labute approximate surface area is 61.8 Å². The van der Waals surface area contributed by atoms with Gasteiger partial charge in [-0.2, -0.15) is 0 Å². The van der Waals surface area contributed by atoms with Crippen LogP contribution in [0, 0.1) is 6.92 Å². The second-order valence-electron chi connectivity index (χ2n) is 2.31. The fourth-order valence-corrected chi connectivity index (χ4v) is 1.05. The van der Waals surface area contributed by atoms with Crippen molar-refractivity contribution < 1.29 is 4.52 Å². The molecule has 4 heteroatoms. The molecule has 0 radical (unpaired) electrons. The quantitative estimate of drug-likeness (QED) is 0.604. The maximum absolute atomic E-state index is 11.1. The first-order valence-electron chi connectivity index (χ1n) is 3.23. The number of fused-ring (bicyclic) bond motifs is 1. The third-order valence-corrected chi connectivity index (χ3v) is 1.57. The fourth-order valence-electron chi connectivity index (χ4n) is 1.05. The van der Waals surface area contributed by atoms with Crippen LogP contribution < -0.4 is 5.56 Å². The summed E-state index contributed by atoms with van der Waals surface area (Å²) in [7, 11) is 0. The van der Waals surface area contributed by atoms with E-state index in [1.165, 1.54) is 0 Å². The highest BCUT2D eigenvalue weighted by atomic mass is 16.5. The van der Waals surface area contributed by atoms with E-state index in [1.54, 1.807) is 19.2 Å². The van der Waals surface area contributed by atoms with E-state index in [1.807, 2.05) is 0 Å². The number of aromatic nitrogens is 2. The van der Waals surface area contributed by atoms with Crippen molar-refractivity contribution in [3.8, 4) is 0 Å². The summed E-state index contributed by atoms with van der Waals surface area (Å²) in [4.78, 5) is 13.7. The first-order valence-corrected chi connectivity index (χ1v) is 3.23.